The van der Waals surface area contributed by atoms with Gasteiger partial charge in [0.25, 0.3) is 5.91 Å². The van der Waals surface area contributed by atoms with Gasteiger partial charge in [-0.2, -0.15) is 0 Å². The van der Waals surface area contributed by atoms with Gasteiger partial charge in [-0.3, -0.25) is 19.6 Å². The summed E-state index contributed by atoms with van der Waals surface area (Å²) in [6.07, 6.45) is 3.07. The normalized spacial score (nSPS) is 11.7. The molecule has 5 N–H and O–H groups in total. The van der Waals surface area contributed by atoms with Gasteiger partial charge in [0.15, 0.2) is 5.78 Å². The number of hydrogen-bond donors (Lipinski definition) is 5. The summed E-state index contributed by atoms with van der Waals surface area (Å²) in [6.45, 7) is 5.01. The van der Waals surface area contributed by atoms with Crippen molar-refractivity contribution in [2.45, 2.75) is 52.5 Å². The minimum atomic E-state index is -1.02. The molecule has 1 aromatic rings. The van der Waals surface area contributed by atoms with Crippen molar-refractivity contribution < 1.29 is 29.5 Å². The number of amides is 2. The summed E-state index contributed by atoms with van der Waals surface area (Å²) in [5, 5.41) is 23.4. The number of carboxylic acid groups (broad SMARTS) is 1. The lowest BCUT2D eigenvalue weighted by atomic mass is 9.95. The summed E-state index contributed by atoms with van der Waals surface area (Å²) in [7, 11) is 0. The van der Waals surface area contributed by atoms with E-state index in [2.05, 4.69) is 10.6 Å². The Bertz CT molecular complexity index is 733. The molecule has 1 unspecified atom stereocenters. The van der Waals surface area contributed by atoms with E-state index < -0.39 is 23.7 Å². The third-order valence-electron chi connectivity index (χ3n) is 4.75. The van der Waals surface area contributed by atoms with Crippen molar-refractivity contribution in [3.8, 4) is 0 Å². The molecule has 31 heavy (non-hydrogen) atoms. The minimum Gasteiger partial charge on any atom is -0.478 e. The van der Waals surface area contributed by atoms with E-state index in [1.54, 1.807) is 24.3 Å². The number of aromatic carboxylic acids is 1. The van der Waals surface area contributed by atoms with E-state index in [-0.39, 0.29) is 30.2 Å². The molecule has 9 nitrogen and oxygen atoms in total. The van der Waals surface area contributed by atoms with Gasteiger partial charge in [-0.05, 0) is 49.4 Å². The Balaban J connectivity index is 2.16. The lowest BCUT2D eigenvalue weighted by Crippen LogP contribution is -2.42. The van der Waals surface area contributed by atoms with Crippen LogP contribution in [0.4, 0.5) is 0 Å². The summed E-state index contributed by atoms with van der Waals surface area (Å²) in [5.41, 5.74) is 2.76. The molecule has 9 heteroatoms. The molecule has 0 heterocycles. The summed E-state index contributed by atoms with van der Waals surface area (Å²) in [6, 6.07) is 6.70. The van der Waals surface area contributed by atoms with Crippen molar-refractivity contribution >= 4 is 23.6 Å². The molecule has 0 saturated carbocycles. The Labute approximate surface area is 182 Å². The average Bonchev–Trinajstić information content (AvgIpc) is 2.74. The van der Waals surface area contributed by atoms with Crippen LogP contribution in [-0.4, -0.2) is 47.0 Å². The predicted molar refractivity (Wildman–Crippen MR) is 114 cm³/mol. The second kappa shape index (κ2) is 14.3. The van der Waals surface area contributed by atoms with Crippen molar-refractivity contribution in [3.63, 3.8) is 0 Å². The second-order valence-electron chi connectivity index (χ2n) is 7.90. The number of carbonyl (C=O) groups is 4. The predicted octanol–water partition coefficient (Wildman–Crippen LogP) is 1.89. The molecule has 0 bridgehead atoms. The van der Waals surface area contributed by atoms with Crippen molar-refractivity contribution in [1.82, 2.24) is 16.1 Å². The fourth-order valence-electron chi connectivity index (χ4n) is 3.03. The Morgan fingerprint density at radius 1 is 0.968 bits per heavy atom. The highest BCUT2D eigenvalue weighted by Gasteiger charge is 2.27. The van der Waals surface area contributed by atoms with Crippen LogP contribution in [-0.2, 0) is 20.9 Å². The van der Waals surface area contributed by atoms with E-state index in [1.165, 1.54) is 5.48 Å². The van der Waals surface area contributed by atoms with E-state index in [0.717, 1.165) is 24.9 Å². The van der Waals surface area contributed by atoms with Gasteiger partial charge in [0.05, 0.1) is 12.1 Å². The highest BCUT2D eigenvalue weighted by Crippen LogP contribution is 2.12. The monoisotopic (exact) mass is 435 g/mol. The first-order valence-electron chi connectivity index (χ1n) is 10.5. The molecule has 1 atom stereocenters. The zero-order valence-corrected chi connectivity index (χ0v) is 18.1. The summed E-state index contributed by atoms with van der Waals surface area (Å²) >= 11 is 0. The maximum atomic E-state index is 12.1. The van der Waals surface area contributed by atoms with Gasteiger partial charge >= 0.3 is 5.97 Å². The number of hydroxylamine groups is 1. The Hall–Kier alpha value is -2.78. The topological polar surface area (TPSA) is 145 Å². The van der Waals surface area contributed by atoms with E-state index in [9.17, 15) is 19.2 Å². The first-order chi connectivity index (χ1) is 14.7. The van der Waals surface area contributed by atoms with Crippen LogP contribution in [0.15, 0.2) is 24.3 Å². The van der Waals surface area contributed by atoms with Crippen LogP contribution >= 0.6 is 0 Å². The van der Waals surface area contributed by atoms with Crippen LogP contribution in [0.25, 0.3) is 0 Å². The molecule has 0 radical (unpaired) electrons. The summed E-state index contributed by atoms with van der Waals surface area (Å²) < 4.78 is 0. The summed E-state index contributed by atoms with van der Waals surface area (Å²) in [5.74, 6) is -3.32. The van der Waals surface area contributed by atoms with Crippen LogP contribution in [0.5, 0.6) is 0 Å². The van der Waals surface area contributed by atoms with Crippen molar-refractivity contribution in [2.24, 2.45) is 11.8 Å². The molecule has 0 fully saturated rings. The molecule has 0 aliphatic heterocycles. The van der Waals surface area contributed by atoms with Gasteiger partial charge in [-0.25, -0.2) is 10.3 Å². The molecule has 1 rings (SSSR count). The van der Waals surface area contributed by atoms with Crippen molar-refractivity contribution in [2.75, 3.05) is 13.1 Å². The molecule has 2 amide bonds. The fraction of sp³-hybridized carbons (Fsp3) is 0.545. The highest BCUT2D eigenvalue weighted by atomic mass is 16.5. The largest absolute Gasteiger partial charge is 0.478 e. The smallest absolute Gasteiger partial charge is 0.335 e. The maximum absolute atomic E-state index is 12.1. The van der Waals surface area contributed by atoms with Crippen LogP contribution in [0, 0.1) is 11.8 Å². The molecule has 0 aliphatic rings. The Kier molecular flexibility index (Phi) is 12.1. The van der Waals surface area contributed by atoms with Gasteiger partial charge in [0, 0.05) is 13.0 Å². The molecular formula is C22H33N3O6. The number of rotatable bonds is 15. The summed E-state index contributed by atoms with van der Waals surface area (Å²) in [4.78, 5) is 46.5. The minimum absolute atomic E-state index is 0.0847. The number of nitrogens with one attached hydrogen (secondary N) is 3. The van der Waals surface area contributed by atoms with Crippen LogP contribution in [0.1, 0.15) is 61.9 Å². The highest BCUT2D eigenvalue weighted by molar-refractivity contribution is 6.01. The number of hydrogen-bond acceptors (Lipinski definition) is 6. The van der Waals surface area contributed by atoms with Crippen molar-refractivity contribution in [3.05, 3.63) is 35.4 Å². The first kappa shape index (κ1) is 26.3. The molecule has 0 spiro atoms. The van der Waals surface area contributed by atoms with Gasteiger partial charge < -0.3 is 15.7 Å². The van der Waals surface area contributed by atoms with Crippen LogP contribution in [0.3, 0.4) is 0 Å². The van der Waals surface area contributed by atoms with Gasteiger partial charge in [-0.1, -0.05) is 32.4 Å². The number of ketones is 1. The van der Waals surface area contributed by atoms with Gasteiger partial charge in [0.1, 0.15) is 5.92 Å². The second-order valence-corrected chi connectivity index (χ2v) is 7.90. The van der Waals surface area contributed by atoms with E-state index in [0.29, 0.717) is 19.4 Å². The molecule has 0 aliphatic carbocycles. The fourth-order valence-corrected chi connectivity index (χ4v) is 3.03. The molecule has 0 saturated heterocycles. The van der Waals surface area contributed by atoms with Crippen molar-refractivity contribution in [1.29, 1.82) is 0 Å². The van der Waals surface area contributed by atoms with Crippen LogP contribution in [0.2, 0.25) is 0 Å². The third-order valence-corrected chi connectivity index (χ3v) is 4.75. The standard InChI is InChI=1S/C22H33N3O6/c1-15(2)12-19(21(28)25-31)20(27)24-14-18(26)6-4-3-5-11-23-13-16-7-9-17(10-8-16)22(29)30/h7-10,15,19,23,31H,3-6,11-14H2,1-2H3,(H,24,27)(H,25,28)(H,29,30). The average molecular weight is 436 g/mol. The zero-order chi connectivity index (χ0) is 23.2. The lowest BCUT2D eigenvalue weighted by molar-refractivity contribution is -0.142. The maximum Gasteiger partial charge on any atom is 0.335 e. The zero-order valence-electron chi connectivity index (χ0n) is 18.1. The SMILES string of the molecule is CC(C)CC(C(=O)NO)C(=O)NCC(=O)CCCCCNCc1ccc(C(=O)O)cc1. The quantitative estimate of drug-likeness (QED) is 0.122. The third kappa shape index (κ3) is 10.7. The number of unbranched alkanes of at least 4 members (excludes halogenated alkanes) is 2. The lowest BCUT2D eigenvalue weighted by Gasteiger charge is -2.16. The van der Waals surface area contributed by atoms with Gasteiger partial charge in [-0.15, -0.1) is 0 Å². The van der Waals surface area contributed by atoms with Crippen LogP contribution < -0.4 is 16.1 Å². The van der Waals surface area contributed by atoms with E-state index in [4.69, 9.17) is 10.3 Å². The number of carbonyl (C=O) groups excluding carboxylic acids is 3. The number of Topliss-reactive ketones (excluding diaryl/α,β-unsaturated/α-hetero) is 1. The molecular weight excluding hydrogens is 402 g/mol. The Morgan fingerprint density at radius 2 is 1.65 bits per heavy atom. The number of benzene rings is 1. The van der Waals surface area contributed by atoms with Gasteiger partial charge in [0.2, 0.25) is 5.91 Å². The number of carboxylic acids is 1. The molecule has 172 valence electrons. The molecule has 1 aromatic carbocycles. The Morgan fingerprint density at radius 3 is 2.23 bits per heavy atom. The van der Waals surface area contributed by atoms with E-state index >= 15 is 0 Å². The molecule has 0 aromatic heterocycles. The van der Waals surface area contributed by atoms with E-state index in [1.807, 2.05) is 13.8 Å². The first-order valence-corrected chi connectivity index (χ1v) is 10.5.